The average Bonchev–Trinajstić information content (AvgIpc) is 2.33. The van der Waals surface area contributed by atoms with Crippen LogP contribution < -0.4 is 0 Å². The summed E-state index contributed by atoms with van der Waals surface area (Å²) in [4.78, 5) is 0. The highest BCUT2D eigenvalue weighted by Gasteiger charge is 2.12. The molecule has 90 valence electrons. The molecule has 0 fully saturated rings. The molecule has 0 heterocycles. The summed E-state index contributed by atoms with van der Waals surface area (Å²) in [6.07, 6.45) is 9.38. The van der Waals surface area contributed by atoms with Gasteiger partial charge in [0, 0.05) is 0 Å². The van der Waals surface area contributed by atoms with Gasteiger partial charge in [0.2, 0.25) is 0 Å². The van der Waals surface area contributed by atoms with Crippen LogP contribution in [-0.4, -0.2) is 0 Å². The van der Waals surface area contributed by atoms with Crippen molar-refractivity contribution in [3.8, 4) is 0 Å². The Hall–Kier alpha value is -1.30. The molecule has 0 bridgehead atoms. The van der Waals surface area contributed by atoms with Crippen LogP contribution in [0.2, 0.25) is 0 Å². The molecule has 1 atom stereocenters. The van der Waals surface area contributed by atoms with E-state index in [0.29, 0.717) is 0 Å². The lowest BCUT2D eigenvalue weighted by molar-refractivity contribution is 0.466. The first-order chi connectivity index (χ1) is 8.15. The Balaban J connectivity index is 1.98. The third kappa shape index (κ3) is 3.33. The number of hydrogen-bond acceptors (Lipinski definition) is 0. The van der Waals surface area contributed by atoms with E-state index in [1.165, 1.54) is 23.1 Å². The Morgan fingerprint density at radius 1 is 1.18 bits per heavy atom. The van der Waals surface area contributed by atoms with Gasteiger partial charge in [-0.1, -0.05) is 61.9 Å². The van der Waals surface area contributed by atoms with E-state index in [1.54, 1.807) is 0 Å². The fourth-order valence-corrected chi connectivity index (χ4v) is 2.25. The van der Waals surface area contributed by atoms with E-state index in [2.05, 4.69) is 63.3 Å². The van der Waals surface area contributed by atoms with E-state index in [-0.39, 0.29) is 0 Å². The van der Waals surface area contributed by atoms with Crippen molar-refractivity contribution in [1.82, 2.24) is 0 Å². The third-order valence-electron chi connectivity index (χ3n) is 3.59. The minimum atomic E-state index is 0.733. The lowest BCUT2D eigenvalue weighted by atomic mass is 9.86. The number of aryl methyl sites for hydroxylation is 1. The molecule has 1 unspecified atom stereocenters. The first-order valence-electron chi connectivity index (χ1n) is 6.58. The van der Waals surface area contributed by atoms with Crippen molar-refractivity contribution in [3.63, 3.8) is 0 Å². The van der Waals surface area contributed by atoms with Gasteiger partial charge in [-0.25, -0.2) is 0 Å². The maximum absolute atomic E-state index is 2.41. The van der Waals surface area contributed by atoms with Gasteiger partial charge in [-0.3, -0.25) is 0 Å². The van der Waals surface area contributed by atoms with Crippen molar-refractivity contribution in [2.45, 2.75) is 33.6 Å². The second kappa shape index (κ2) is 5.35. The van der Waals surface area contributed by atoms with Gasteiger partial charge < -0.3 is 0 Å². The zero-order valence-corrected chi connectivity index (χ0v) is 11.1. The average molecular weight is 226 g/mol. The first kappa shape index (κ1) is 12.2. The molecule has 1 aliphatic carbocycles. The highest BCUT2D eigenvalue weighted by Crippen LogP contribution is 2.24. The topological polar surface area (TPSA) is 0 Å². The summed E-state index contributed by atoms with van der Waals surface area (Å²) < 4.78 is 0. The Kier molecular flexibility index (Phi) is 3.83. The third-order valence-corrected chi connectivity index (χ3v) is 3.59. The molecule has 0 saturated carbocycles. The van der Waals surface area contributed by atoms with Gasteiger partial charge in [-0.2, -0.15) is 0 Å². The maximum Gasteiger partial charge on any atom is -0.00290 e. The highest BCUT2D eigenvalue weighted by molar-refractivity contribution is 5.32. The zero-order valence-electron chi connectivity index (χ0n) is 11.1. The van der Waals surface area contributed by atoms with Crippen molar-refractivity contribution in [2.24, 2.45) is 11.8 Å². The van der Waals surface area contributed by atoms with Crippen LogP contribution in [0.4, 0.5) is 0 Å². The largest absolute Gasteiger partial charge is 0.0806 e. The Bertz CT molecular complexity index is 418. The molecule has 17 heavy (non-hydrogen) atoms. The molecule has 0 radical (unpaired) electrons. The second-order valence-electron chi connectivity index (χ2n) is 5.44. The lowest BCUT2D eigenvalue weighted by Gasteiger charge is -2.19. The summed E-state index contributed by atoms with van der Waals surface area (Å²) in [6, 6.07) is 8.86. The fourth-order valence-electron chi connectivity index (χ4n) is 2.25. The minimum absolute atomic E-state index is 0.733. The molecule has 0 aromatic heterocycles. The fraction of sp³-hybridized carbons (Fsp3) is 0.412. The predicted octanol–water partition coefficient (Wildman–Crippen LogP) is 4.70. The van der Waals surface area contributed by atoms with Crippen LogP contribution in [0.5, 0.6) is 0 Å². The predicted molar refractivity (Wildman–Crippen MR) is 75.1 cm³/mol. The monoisotopic (exact) mass is 226 g/mol. The smallest absolute Gasteiger partial charge is 0.00290 e. The van der Waals surface area contributed by atoms with Crippen LogP contribution >= 0.6 is 0 Å². The van der Waals surface area contributed by atoms with E-state index < -0.39 is 0 Å². The molecule has 1 aromatic rings. The van der Waals surface area contributed by atoms with Gasteiger partial charge in [0.15, 0.2) is 0 Å². The first-order valence-corrected chi connectivity index (χ1v) is 6.58. The number of benzene rings is 1. The number of hydrogen-bond donors (Lipinski definition) is 0. The molecule has 0 spiro atoms. The van der Waals surface area contributed by atoms with Gasteiger partial charge in [-0.05, 0) is 42.7 Å². The Morgan fingerprint density at radius 3 is 2.41 bits per heavy atom. The Labute approximate surface area is 105 Å². The summed E-state index contributed by atoms with van der Waals surface area (Å²) in [6.45, 7) is 6.73. The summed E-state index contributed by atoms with van der Waals surface area (Å²) in [5.41, 5.74) is 4.21. The SMILES string of the molecule is Cc1ccc(CC2=CCC(C(C)C)C=C2)cc1. The quantitative estimate of drug-likeness (QED) is 0.701. The maximum atomic E-state index is 2.41. The summed E-state index contributed by atoms with van der Waals surface area (Å²) >= 11 is 0. The van der Waals surface area contributed by atoms with Gasteiger partial charge >= 0.3 is 0 Å². The molecular formula is C17H22. The van der Waals surface area contributed by atoms with Crippen molar-refractivity contribution >= 4 is 0 Å². The lowest BCUT2D eigenvalue weighted by Crippen LogP contribution is -2.07. The van der Waals surface area contributed by atoms with Crippen molar-refractivity contribution < 1.29 is 0 Å². The van der Waals surface area contributed by atoms with E-state index in [0.717, 1.165) is 18.3 Å². The molecule has 1 aromatic carbocycles. The molecule has 0 amide bonds. The van der Waals surface area contributed by atoms with Gasteiger partial charge in [0.05, 0.1) is 0 Å². The summed E-state index contributed by atoms with van der Waals surface area (Å²) in [5.74, 6) is 1.49. The van der Waals surface area contributed by atoms with Gasteiger partial charge in [-0.15, -0.1) is 0 Å². The molecule has 0 saturated heterocycles. The number of allylic oxidation sites excluding steroid dienone is 4. The highest BCUT2D eigenvalue weighted by atomic mass is 14.2. The molecule has 2 rings (SSSR count). The molecule has 0 nitrogen and oxygen atoms in total. The Morgan fingerprint density at radius 2 is 1.88 bits per heavy atom. The van der Waals surface area contributed by atoms with Crippen molar-refractivity contribution in [2.75, 3.05) is 0 Å². The standard InChI is InChI=1S/C17H22/c1-13(2)17-10-8-16(9-11-17)12-15-6-4-14(3)5-7-15/h4-10,13,17H,11-12H2,1-3H3. The van der Waals surface area contributed by atoms with E-state index in [4.69, 9.17) is 0 Å². The zero-order chi connectivity index (χ0) is 12.3. The van der Waals surface area contributed by atoms with Crippen LogP contribution in [0.15, 0.2) is 48.1 Å². The van der Waals surface area contributed by atoms with E-state index in [1.807, 2.05) is 0 Å². The van der Waals surface area contributed by atoms with Gasteiger partial charge in [0.1, 0.15) is 0 Å². The normalized spacial score (nSPS) is 19.5. The van der Waals surface area contributed by atoms with Gasteiger partial charge in [0.25, 0.3) is 0 Å². The molecule has 1 aliphatic rings. The minimum Gasteiger partial charge on any atom is -0.0806 e. The van der Waals surface area contributed by atoms with Crippen LogP contribution in [0.1, 0.15) is 31.4 Å². The molecule has 0 heteroatoms. The molecule has 0 aliphatic heterocycles. The molecule has 0 N–H and O–H groups in total. The second-order valence-corrected chi connectivity index (χ2v) is 5.44. The van der Waals surface area contributed by atoms with Crippen LogP contribution in [0, 0.1) is 18.8 Å². The molecular weight excluding hydrogens is 204 g/mol. The van der Waals surface area contributed by atoms with E-state index in [9.17, 15) is 0 Å². The summed E-state index contributed by atoms with van der Waals surface area (Å²) in [5, 5.41) is 0. The van der Waals surface area contributed by atoms with Crippen LogP contribution in [0.25, 0.3) is 0 Å². The van der Waals surface area contributed by atoms with Crippen LogP contribution in [-0.2, 0) is 6.42 Å². The van der Waals surface area contributed by atoms with Crippen molar-refractivity contribution in [1.29, 1.82) is 0 Å². The van der Waals surface area contributed by atoms with E-state index >= 15 is 0 Å². The number of rotatable bonds is 3. The summed E-state index contributed by atoms with van der Waals surface area (Å²) in [7, 11) is 0. The van der Waals surface area contributed by atoms with Crippen molar-refractivity contribution in [3.05, 3.63) is 59.2 Å². The van der Waals surface area contributed by atoms with Crippen LogP contribution in [0.3, 0.4) is 0 Å².